The lowest BCUT2D eigenvalue weighted by molar-refractivity contribution is -0.115. The fourth-order valence-electron chi connectivity index (χ4n) is 1.63. The molecule has 2 aromatic carbocycles. The molecular weight excluding hydrogens is 238 g/mol. The van der Waals surface area contributed by atoms with Gasteiger partial charge in [-0.3, -0.25) is 4.79 Å². The fourth-order valence-corrected chi connectivity index (χ4v) is 2.78. The van der Waals surface area contributed by atoms with Crippen LogP contribution >= 0.6 is 0 Å². The van der Waals surface area contributed by atoms with E-state index in [9.17, 15) is 13.2 Å². The van der Waals surface area contributed by atoms with Crippen LogP contribution in [0.4, 0.5) is 0 Å². The summed E-state index contributed by atoms with van der Waals surface area (Å²) in [4.78, 5) is 10.8. The monoisotopic (exact) mass is 248 g/mol. The predicted octanol–water partition coefficient (Wildman–Crippen LogP) is 1.48. The molecule has 0 saturated heterocycles. The van der Waals surface area contributed by atoms with E-state index in [4.69, 9.17) is 0 Å². The average Bonchev–Trinajstić information content (AvgIpc) is 2.26. The van der Waals surface area contributed by atoms with Crippen LogP contribution in [-0.4, -0.2) is 14.3 Å². The van der Waals surface area contributed by atoms with Crippen molar-refractivity contribution in [2.75, 3.05) is 0 Å². The van der Waals surface area contributed by atoms with Crippen molar-refractivity contribution in [3.8, 4) is 0 Å². The molecule has 1 N–H and O–H groups in total. The van der Waals surface area contributed by atoms with Gasteiger partial charge < -0.3 is 0 Å². The highest BCUT2D eigenvalue weighted by Gasteiger charge is 2.17. The Morgan fingerprint density at radius 1 is 1.06 bits per heavy atom. The van der Waals surface area contributed by atoms with E-state index in [0.717, 1.165) is 5.39 Å². The molecule has 17 heavy (non-hydrogen) atoms. The lowest BCUT2D eigenvalue weighted by atomic mass is 10.1. The number of benzene rings is 2. The van der Waals surface area contributed by atoms with Crippen LogP contribution in [0.3, 0.4) is 0 Å². The van der Waals surface area contributed by atoms with Gasteiger partial charge in [0.1, 0.15) is 0 Å². The van der Waals surface area contributed by atoms with Gasteiger partial charge in [0.2, 0.25) is 5.91 Å². The second-order valence-corrected chi connectivity index (χ2v) is 5.16. The van der Waals surface area contributed by atoms with E-state index < -0.39 is 15.9 Å². The number of rotatable bonds is 2. The molecule has 2 aromatic rings. The number of nitrogens with one attached hydrogen (secondary N) is 1. The highest BCUT2D eigenvalue weighted by molar-refractivity contribution is 7.90. The smallest absolute Gasteiger partial charge is 0.264 e. The van der Waals surface area contributed by atoms with Crippen LogP contribution in [0.5, 0.6) is 0 Å². The average molecular weight is 248 g/mol. The Bertz CT molecular complexity index is 672. The first-order valence-electron chi connectivity index (χ1n) is 4.87. The zero-order valence-corrected chi connectivity index (χ0v) is 9.70. The Morgan fingerprint density at radius 3 is 2.41 bits per heavy atom. The third-order valence-corrected chi connectivity index (χ3v) is 3.72. The van der Waals surface area contributed by atoms with E-state index in [1.807, 2.05) is 10.8 Å². The van der Waals surface area contributed by atoms with Gasteiger partial charge in [-0.2, -0.15) is 0 Å². The summed E-state index contributed by atoms with van der Waals surface area (Å²) in [6.45, 7) is 3.00. The Kier molecular flexibility index (Phi) is 2.85. The van der Waals surface area contributed by atoms with Crippen molar-refractivity contribution >= 4 is 26.7 Å². The van der Waals surface area contributed by atoms with Crippen LogP contribution in [0, 0.1) is 6.92 Å². The Hall–Kier alpha value is -1.88. The predicted molar refractivity (Wildman–Crippen MR) is 64.6 cm³/mol. The molecule has 0 spiro atoms. The number of hydrogen-bond donors (Lipinski definition) is 1. The van der Waals surface area contributed by atoms with E-state index in [0.29, 0.717) is 5.39 Å². The van der Waals surface area contributed by atoms with Crippen molar-refractivity contribution in [3.63, 3.8) is 0 Å². The zero-order chi connectivity index (χ0) is 12.5. The number of fused-ring (bicyclic) bond motifs is 1. The number of hydrogen-bond acceptors (Lipinski definition) is 3. The largest absolute Gasteiger partial charge is 0.274 e. The lowest BCUT2D eigenvalue weighted by Crippen LogP contribution is -2.28. The van der Waals surface area contributed by atoms with Crippen molar-refractivity contribution in [2.45, 2.75) is 4.90 Å². The summed E-state index contributed by atoms with van der Waals surface area (Å²) in [5, 5.41) is 1.37. The third kappa shape index (κ3) is 2.29. The maximum Gasteiger partial charge on any atom is 0.264 e. The van der Waals surface area contributed by atoms with Gasteiger partial charge in [-0.1, -0.05) is 36.4 Å². The van der Waals surface area contributed by atoms with Gasteiger partial charge in [0.25, 0.3) is 10.0 Å². The molecule has 0 fully saturated rings. The molecular formula is C12H10NO3S. The summed E-state index contributed by atoms with van der Waals surface area (Å²) >= 11 is 0. The molecule has 0 saturated carbocycles. The zero-order valence-electron chi connectivity index (χ0n) is 8.88. The van der Waals surface area contributed by atoms with Gasteiger partial charge in [0.15, 0.2) is 0 Å². The van der Waals surface area contributed by atoms with Gasteiger partial charge in [0.05, 0.1) is 4.90 Å². The first kappa shape index (κ1) is 11.6. The highest BCUT2D eigenvalue weighted by Crippen LogP contribution is 2.22. The van der Waals surface area contributed by atoms with Crippen LogP contribution in [0.15, 0.2) is 47.4 Å². The quantitative estimate of drug-likeness (QED) is 0.875. The SMILES string of the molecule is [CH2]C(=O)NS(=O)(=O)c1cccc2ccccc12. The minimum absolute atomic E-state index is 0.0765. The van der Waals surface area contributed by atoms with Crippen molar-refractivity contribution in [1.82, 2.24) is 4.72 Å². The number of amides is 1. The molecule has 0 atom stereocenters. The van der Waals surface area contributed by atoms with Gasteiger partial charge in [0, 0.05) is 12.3 Å². The van der Waals surface area contributed by atoms with Gasteiger partial charge in [-0.05, 0) is 11.5 Å². The molecule has 0 unspecified atom stereocenters. The van der Waals surface area contributed by atoms with Gasteiger partial charge in [-0.15, -0.1) is 0 Å². The summed E-state index contributed by atoms with van der Waals surface area (Å²) in [5.41, 5.74) is 0. The molecule has 0 bridgehead atoms. The van der Waals surface area contributed by atoms with E-state index in [1.165, 1.54) is 6.07 Å². The molecule has 0 aliphatic heterocycles. The second-order valence-electron chi connectivity index (χ2n) is 3.51. The maximum atomic E-state index is 11.9. The van der Waals surface area contributed by atoms with E-state index in [1.54, 1.807) is 30.3 Å². The van der Waals surface area contributed by atoms with Crippen molar-refractivity contribution in [1.29, 1.82) is 0 Å². The summed E-state index contributed by atoms with van der Waals surface area (Å²) in [6, 6.07) is 11.9. The van der Waals surface area contributed by atoms with Gasteiger partial charge >= 0.3 is 0 Å². The van der Waals surface area contributed by atoms with Crippen LogP contribution in [0.1, 0.15) is 0 Å². The Labute approximate surface area is 99.3 Å². The minimum atomic E-state index is -3.85. The van der Waals surface area contributed by atoms with Crippen molar-refractivity contribution < 1.29 is 13.2 Å². The minimum Gasteiger partial charge on any atom is -0.274 e. The second kappa shape index (κ2) is 4.18. The summed E-state index contributed by atoms with van der Waals surface area (Å²) in [7, 11) is -3.85. The topological polar surface area (TPSA) is 63.2 Å². The highest BCUT2D eigenvalue weighted by atomic mass is 32.2. The van der Waals surface area contributed by atoms with Gasteiger partial charge in [-0.25, -0.2) is 13.1 Å². The van der Waals surface area contributed by atoms with Crippen molar-refractivity contribution in [3.05, 3.63) is 49.4 Å². The first-order valence-corrected chi connectivity index (χ1v) is 6.35. The van der Waals surface area contributed by atoms with Crippen LogP contribution in [0.25, 0.3) is 10.8 Å². The third-order valence-electron chi connectivity index (χ3n) is 2.29. The molecule has 4 nitrogen and oxygen atoms in total. The molecule has 0 aliphatic carbocycles. The van der Waals surface area contributed by atoms with Crippen LogP contribution in [0.2, 0.25) is 0 Å². The Balaban J connectivity index is 2.67. The Morgan fingerprint density at radius 2 is 1.71 bits per heavy atom. The van der Waals surface area contributed by atoms with Crippen LogP contribution in [-0.2, 0) is 14.8 Å². The molecule has 2 rings (SSSR count). The summed E-state index contributed by atoms with van der Waals surface area (Å²) in [6.07, 6.45) is 0. The standard InChI is InChI=1S/C12H10NO3S/c1-9(14)13-17(15,16)12-8-4-6-10-5-2-3-7-11(10)12/h2-8H,1H2,(H,13,14). The number of sulfonamides is 1. The van der Waals surface area contributed by atoms with E-state index in [-0.39, 0.29) is 4.90 Å². The molecule has 0 heterocycles. The summed E-state index contributed by atoms with van der Waals surface area (Å²) < 4.78 is 25.6. The van der Waals surface area contributed by atoms with Crippen LogP contribution < -0.4 is 4.72 Å². The molecule has 87 valence electrons. The molecule has 0 aromatic heterocycles. The number of carbonyl (C=O) groups excluding carboxylic acids is 1. The molecule has 0 aliphatic rings. The molecule has 1 amide bonds. The van der Waals surface area contributed by atoms with E-state index >= 15 is 0 Å². The fraction of sp³-hybridized carbons (Fsp3) is 0. The molecule has 5 heteroatoms. The lowest BCUT2D eigenvalue weighted by Gasteiger charge is -2.07. The van der Waals surface area contributed by atoms with E-state index in [2.05, 4.69) is 6.92 Å². The number of carbonyl (C=O) groups is 1. The maximum absolute atomic E-state index is 11.9. The first-order chi connectivity index (χ1) is 8.00. The van der Waals surface area contributed by atoms with Crippen molar-refractivity contribution in [2.24, 2.45) is 0 Å². The normalized spacial score (nSPS) is 11.4. The molecule has 1 radical (unpaired) electrons. The summed E-state index contributed by atoms with van der Waals surface area (Å²) in [5.74, 6) is -0.849.